The highest BCUT2D eigenvalue weighted by molar-refractivity contribution is 7.98. The van der Waals surface area contributed by atoms with E-state index in [0.29, 0.717) is 16.9 Å². The molecule has 0 radical (unpaired) electrons. The quantitative estimate of drug-likeness (QED) is 0.238. The van der Waals surface area contributed by atoms with E-state index < -0.39 is 0 Å². The van der Waals surface area contributed by atoms with Gasteiger partial charge in [-0.15, -0.1) is 0 Å². The molecule has 0 saturated carbocycles. The van der Waals surface area contributed by atoms with Crippen LogP contribution in [-0.4, -0.2) is 22.3 Å². The van der Waals surface area contributed by atoms with Crippen molar-refractivity contribution in [2.45, 2.75) is 57.2 Å². The second-order valence-corrected chi connectivity index (χ2v) is 5.27. The maximum Gasteiger partial charge on any atom is 0.219 e. The van der Waals surface area contributed by atoms with Gasteiger partial charge in [-0.3, -0.25) is 0 Å². The molecule has 1 rings (SSSR count). The molecular formula is C13H24N4OS. The first-order valence-electron chi connectivity index (χ1n) is 6.76. The number of unbranched alkanes of at least 4 members (excludes halogenated alkanes) is 3. The lowest BCUT2D eigenvalue weighted by Crippen LogP contribution is -2.14. The molecule has 0 aliphatic carbocycles. The number of nitrogens with zero attached hydrogens (tertiary/aromatic N) is 2. The molecule has 1 aromatic heterocycles. The number of rotatable bonds is 9. The molecule has 108 valence electrons. The predicted octanol–water partition coefficient (Wildman–Crippen LogP) is 3.22. The summed E-state index contributed by atoms with van der Waals surface area (Å²) in [6.07, 6.45) is 8.13. The molecule has 1 aromatic rings. The highest BCUT2D eigenvalue weighted by Gasteiger charge is 2.08. The monoisotopic (exact) mass is 284 g/mol. The highest BCUT2D eigenvalue weighted by atomic mass is 32.2. The van der Waals surface area contributed by atoms with Crippen LogP contribution in [0, 0.1) is 0 Å². The first-order chi connectivity index (χ1) is 9.19. The third kappa shape index (κ3) is 6.11. The van der Waals surface area contributed by atoms with Crippen molar-refractivity contribution in [3.63, 3.8) is 0 Å². The number of hydrogen-bond donors (Lipinski definition) is 2. The molecule has 19 heavy (non-hydrogen) atoms. The summed E-state index contributed by atoms with van der Waals surface area (Å²) in [6, 6.07) is 1.72. The summed E-state index contributed by atoms with van der Waals surface area (Å²) in [6.45, 7) is 4.29. The molecule has 0 fully saturated rings. The van der Waals surface area contributed by atoms with Crippen LogP contribution in [0.15, 0.2) is 11.2 Å². The topological polar surface area (TPSA) is 73.1 Å². The third-order valence-corrected chi connectivity index (χ3v) is 3.35. The van der Waals surface area contributed by atoms with Crippen LogP contribution in [0.5, 0.6) is 5.88 Å². The summed E-state index contributed by atoms with van der Waals surface area (Å²) in [5.41, 5.74) is 2.53. The van der Waals surface area contributed by atoms with Gasteiger partial charge >= 0.3 is 0 Å². The van der Waals surface area contributed by atoms with E-state index in [4.69, 9.17) is 10.6 Å². The third-order valence-electron chi connectivity index (χ3n) is 2.80. The first-order valence-corrected chi connectivity index (χ1v) is 7.98. The molecule has 0 aromatic carbocycles. The van der Waals surface area contributed by atoms with Gasteiger partial charge < -0.3 is 10.2 Å². The van der Waals surface area contributed by atoms with Crippen molar-refractivity contribution in [2.75, 3.05) is 11.7 Å². The van der Waals surface area contributed by atoms with Crippen LogP contribution >= 0.6 is 11.8 Å². The zero-order valence-corrected chi connectivity index (χ0v) is 12.8. The lowest BCUT2D eigenvalue weighted by Gasteiger charge is -2.14. The summed E-state index contributed by atoms with van der Waals surface area (Å²) in [4.78, 5) is 8.52. The largest absolute Gasteiger partial charge is 0.474 e. The Kier molecular flexibility index (Phi) is 7.59. The molecular weight excluding hydrogens is 260 g/mol. The zero-order valence-electron chi connectivity index (χ0n) is 12.0. The minimum absolute atomic E-state index is 0.159. The maximum atomic E-state index is 5.82. The minimum atomic E-state index is 0.159. The van der Waals surface area contributed by atoms with Gasteiger partial charge in [0, 0.05) is 6.07 Å². The van der Waals surface area contributed by atoms with Crippen molar-refractivity contribution >= 4 is 17.6 Å². The van der Waals surface area contributed by atoms with Crippen LogP contribution in [0.3, 0.4) is 0 Å². The van der Waals surface area contributed by atoms with E-state index in [1.165, 1.54) is 37.4 Å². The molecule has 5 nitrogen and oxygen atoms in total. The first kappa shape index (κ1) is 16.0. The zero-order chi connectivity index (χ0) is 14.1. The maximum absolute atomic E-state index is 5.82. The number of hydrogen-bond acceptors (Lipinski definition) is 6. The van der Waals surface area contributed by atoms with Gasteiger partial charge in [0.1, 0.15) is 5.82 Å². The number of anilines is 1. The average Bonchev–Trinajstić information content (AvgIpc) is 2.43. The van der Waals surface area contributed by atoms with Gasteiger partial charge in [-0.2, -0.15) is 4.98 Å². The molecule has 6 heteroatoms. The number of nitrogens with one attached hydrogen (secondary N) is 1. The Labute approximate surface area is 119 Å². The van der Waals surface area contributed by atoms with Crippen molar-refractivity contribution in [1.82, 2.24) is 9.97 Å². The number of ether oxygens (including phenoxy) is 1. The van der Waals surface area contributed by atoms with Gasteiger partial charge in [0.25, 0.3) is 0 Å². The van der Waals surface area contributed by atoms with E-state index in [9.17, 15) is 0 Å². The lowest BCUT2D eigenvalue weighted by molar-refractivity contribution is 0.196. The fraction of sp³-hybridized carbons (Fsp3) is 0.692. The van der Waals surface area contributed by atoms with E-state index in [0.717, 1.165) is 6.42 Å². The van der Waals surface area contributed by atoms with Gasteiger partial charge in [0.2, 0.25) is 5.88 Å². The summed E-state index contributed by atoms with van der Waals surface area (Å²) in [5.74, 6) is 6.54. The van der Waals surface area contributed by atoms with Crippen molar-refractivity contribution in [3.8, 4) is 5.88 Å². The Bertz CT molecular complexity index is 353. The van der Waals surface area contributed by atoms with E-state index in [1.54, 1.807) is 6.07 Å². The molecule has 1 atom stereocenters. The van der Waals surface area contributed by atoms with E-state index in [2.05, 4.69) is 29.2 Å². The van der Waals surface area contributed by atoms with Crippen molar-refractivity contribution in [3.05, 3.63) is 6.07 Å². The Morgan fingerprint density at radius 1 is 1.37 bits per heavy atom. The van der Waals surface area contributed by atoms with E-state index in [1.807, 2.05) is 6.26 Å². The molecule has 0 saturated heterocycles. The second-order valence-electron chi connectivity index (χ2n) is 4.50. The molecule has 0 bridgehead atoms. The summed E-state index contributed by atoms with van der Waals surface area (Å²) in [5, 5.41) is 0.656. The second kappa shape index (κ2) is 8.98. The lowest BCUT2D eigenvalue weighted by atomic mass is 10.1. The summed E-state index contributed by atoms with van der Waals surface area (Å²) < 4.78 is 5.82. The number of aromatic nitrogens is 2. The molecule has 0 spiro atoms. The molecule has 0 aliphatic rings. The molecule has 1 heterocycles. The molecule has 3 N–H and O–H groups in total. The average molecular weight is 284 g/mol. The Hall–Kier alpha value is -1.01. The highest BCUT2D eigenvalue weighted by Crippen LogP contribution is 2.20. The Morgan fingerprint density at radius 3 is 2.79 bits per heavy atom. The van der Waals surface area contributed by atoms with Crippen molar-refractivity contribution < 1.29 is 4.74 Å². The van der Waals surface area contributed by atoms with Crippen LogP contribution in [0.25, 0.3) is 0 Å². The van der Waals surface area contributed by atoms with Gasteiger partial charge in [-0.1, -0.05) is 37.9 Å². The van der Waals surface area contributed by atoms with Crippen LogP contribution in [0.4, 0.5) is 5.82 Å². The standard InChI is InChI=1S/C13H24N4OS/c1-4-5-6-7-8-10(2)18-12-9-11(17-14)15-13(16-12)19-3/h9-10H,4-8,14H2,1-3H3,(H,15,16,17). The van der Waals surface area contributed by atoms with Gasteiger partial charge in [-0.25, -0.2) is 10.8 Å². The molecule has 0 amide bonds. The normalized spacial score (nSPS) is 12.2. The Morgan fingerprint density at radius 2 is 2.16 bits per heavy atom. The minimum Gasteiger partial charge on any atom is -0.474 e. The summed E-state index contributed by atoms with van der Waals surface area (Å²) in [7, 11) is 0. The van der Waals surface area contributed by atoms with Gasteiger partial charge in [0.15, 0.2) is 5.16 Å². The van der Waals surface area contributed by atoms with Crippen LogP contribution in [0.1, 0.15) is 46.0 Å². The van der Waals surface area contributed by atoms with E-state index >= 15 is 0 Å². The fourth-order valence-electron chi connectivity index (χ4n) is 1.75. The molecule has 1 unspecified atom stereocenters. The number of hydrazine groups is 1. The van der Waals surface area contributed by atoms with Crippen LogP contribution in [-0.2, 0) is 0 Å². The van der Waals surface area contributed by atoms with Crippen molar-refractivity contribution in [2.24, 2.45) is 5.84 Å². The smallest absolute Gasteiger partial charge is 0.219 e. The van der Waals surface area contributed by atoms with Crippen LogP contribution < -0.4 is 16.0 Å². The van der Waals surface area contributed by atoms with Crippen LogP contribution in [0.2, 0.25) is 0 Å². The molecule has 0 aliphatic heterocycles. The number of nitrogen functional groups attached to an aromatic ring is 1. The van der Waals surface area contributed by atoms with Gasteiger partial charge in [-0.05, 0) is 26.0 Å². The fourth-order valence-corrected chi connectivity index (χ4v) is 2.12. The van der Waals surface area contributed by atoms with Gasteiger partial charge in [0.05, 0.1) is 6.10 Å². The predicted molar refractivity (Wildman–Crippen MR) is 80.5 cm³/mol. The number of nitrogens with two attached hydrogens (primary N) is 1. The number of thioether (sulfide) groups is 1. The van der Waals surface area contributed by atoms with E-state index in [-0.39, 0.29) is 6.10 Å². The SMILES string of the molecule is CCCCCCC(C)Oc1cc(NN)nc(SC)n1. The summed E-state index contributed by atoms with van der Waals surface area (Å²) >= 11 is 1.47. The Balaban J connectivity index is 2.50. The van der Waals surface area contributed by atoms with Crippen molar-refractivity contribution in [1.29, 1.82) is 0 Å².